The first-order valence-electron chi connectivity index (χ1n) is 10.1. The Kier molecular flexibility index (Phi) is 4.47. The highest BCUT2D eigenvalue weighted by molar-refractivity contribution is 5.95. The number of carbonyl (C=O) groups excluding carboxylic acids is 1. The molecule has 28 heavy (non-hydrogen) atoms. The van der Waals surface area contributed by atoms with E-state index in [2.05, 4.69) is 9.89 Å². The molecular weight excluding hydrogens is 348 g/mol. The van der Waals surface area contributed by atoms with Crippen molar-refractivity contribution in [2.75, 3.05) is 6.54 Å². The molecule has 0 N–H and O–H groups in total. The van der Waals surface area contributed by atoms with Crippen molar-refractivity contribution in [3.05, 3.63) is 71.3 Å². The Morgan fingerprint density at radius 2 is 1.68 bits per heavy atom. The first kappa shape index (κ1) is 17.2. The molecule has 0 radical (unpaired) electrons. The molecule has 0 aromatic heterocycles. The van der Waals surface area contributed by atoms with E-state index in [9.17, 15) is 4.79 Å². The molecule has 1 heterocycles. The number of para-hydroxylation sites is 1. The van der Waals surface area contributed by atoms with Gasteiger partial charge in [-0.2, -0.15) is 0 Å². The van der Waals surface area contributed by atoms with Crippen molar-refractivity contribution in [1.29, 1.82) is 0 Å². The van der Waals surface area contributed by atoms with Crippen LogP contribution in [0.25, 0.3) is 0 Å². The minimum absolute atomic E-state index is 0.151. The topological polar surface area (TPSA) is 41.9 Å². The Morgan fingerprint density at radius 3 is 2.43 bits per heavy atom. The number of rotatable bonds is 5. The van der Waals surface area contributed by atoms with Gasteiger partial charge in [0.25, 0.3) is 5.91 Å². The van der Waals surface area contributed by atoms with E-state index in [1.807, 2.05) is 60.8 Å². The number of benzene rings is 2. The van der Waals surface area contributed by atoms with Gasteiger partial charge in [0.05, 0.1) is 6.54 Å². The maximum Gasteiger partial charge on any atom is 0.254 e. The molecule has 3 aliphatic rings. The third-order valence-corrected chi connectivity index (χ3v) is 5.87. The van der Waals surface area contributed by atoms with Crippen LogP contribution in [0.4, 0.5) is 0 Å². The van der Waals surface area contributed by atoms with E-state index in [0.717, 1.165) is 55.7 Å². The lowest BCUT2D eigenvalue weighted by Crippen LogP contribution is -2.43. The highest BCUT2D eigenvalue weighted by Gasteiger charge is 2.39. The summed E-state index contributed by atoms with van der Waals surface area (Å²) >= 11 is 0. The summed E-state index contributed by atoms with van der Waals surface area (Å²) < 4.78 is 5.85. The minimum Gasteiger partial charge on any atom is -0.457 e. The third kappa shape index (κ3) is 3.47. The zero-order valence-electron chi connectivity index (χ0n) is 15.9. The van der Waals surface area contributed by atoms with E-state index in [0.29, 0.717) is 12.1 Å². The lowest BCUT2D eigenvalue weighted by Gasteiger charge is -2.35. The van der Waals surface area contributed by atoms with Gasteiger partial charge >= 0.3 is 0 Å². The largest absolute Gasteiger partial charge is 0.457 e. The molecule has 5 rings (SSSR count). The summed E-state index contributed by atoms with van der Waals surface area (Å²) in [5.41, 5.74) is 3.58. The summed E-state index contributed by atoms with van der Waals surface area (Å²) in [5.74, 6) is 1.69. The Morgan fingerprint density at radius 1 is 0.929 bits per heavy atom. The molecule has 0 bridgehead atoms. The lowest BCUT2D eigenvalue weighted by atomic mass is 9.88. The smallest absolute Gasteiger partial charge is 0.254 e. The molecule has 2 aromatic rings. The van der Waals surface area contributed by atoms with Gasteiger partial charge in [-0.25, -0.2) is 0 Å². The second-order valence-corrected chi connectivity index (χ2v) is 7.88. The van der Waals surface area contributed by atoms with Crippen LogP contribution in [-0.2, 0) is 0 Å². The normalized spacial score (nSPS) is 20.8. The number of aliphatic imine (C=N–C) groups is 1. The van der Waals surface area contributed by atoms with Crippen LogP contribution in [0.1, 0.15) is 42.5 Å². The van der Waals surface area contributed by atoms with Gasteiger partial charge in [0, 0.05) is 23.9 Å². The Balaban J connectivity index is 1.32. The number of hydrogen-bond donors (Lipinski definition) is 0. The van der Waals surface area contributed by atoms with Crippen molar-refractivity contribution in [2.24, 2.45) is 4.99 Å². The van der Waals surface area contributed by atoms with Crippen LogP contribution in [0.15, 0.2) is 70.7 Å². The maximum atomic E-state index is 13.3. The average molecular weight is 372 g/mol. The van der Waals surface area contributed by atoms with Crippen molar-refractivity contribution in [3.63, 3.8) is 0 Å². The van der Waals surface area contributed by atoms with Crippen LogP contribution >= 0.6 is 0 Å². The van der Waals surface area contributed by atoms with Gasteiger partial charge in [0.1, 0.15) is 11.5 Å². The van der Waals surface area contributed by atoms with E-state index in [1.54, 1.807) is 0 Å². The molecule has 1 saturated carbocycles. The van der Waals surface area contributed by atoms with E-state index >= 15 is 0 Å². The summed E-state index contributed by atoms with van der Waals surface area (Å²) in [5, 5.41) is 0. The van der Waals surface area contributed by atoms with Crippen molar-refractivity contribution in [2.45, 2.75) is 44.2 Å². The van der Waals surface area contributed by atoms with Crippen LogP contribution in [0.5, 0.6) is 11.5 Å². The Labute approximate surface area is 165 Å². The predicted octanol–water partition coefficient (Wildman–Crippen LogP) is 5.02. The number of amides is 1. The zero-order chi connectivity index (χ0) is 18.9. The highest BCUT2D eigenvalue weighted by atomic mass is 16.5. The lowest BCUT2D eigenvalue weighted by molar-refractivity contribution is 0.0645. The van der Waals surface area contributed by atoms with Crippen molar-refractivity contribution in [1.82, 2.24) is 4.90 Å². The Hall–Kier alpha value is -2.88. The molecule has 1 atom stereocenters. The van der Waals surface area contributed by atoms with E-state index in [4.69, 9.17) is 4.74 Å². The van der Waals surface area contributed by atoms with Gasteiger partial charge in [-0.15, -0.1) is 0 Å². The predicted molar refractivity (Wildman–Crippen MR) is 110 cm³/mol. The first-order chi connectivity index (χ1) is 13.8. The first-order valence-corrected chi connectivity index (χ1v) is 10.1. The summed E-state index contributed by atoms with van der Waals surface area (Å²) in [6.07, 6.45) is 7.35. The summed E-state index contributed by atoms with van der Waals surface area (Å²) in [6, 6.07) is 17.9. The SMILES string of the molecule is O=C(c1ccc(Oc2ccccc2)cc1)N(C1CC1)C1CCC2=C(C=NC2)C1. The fourth-order valence-electron chi connectivity index (χ4n) is 4.25. The van der Waals surface area contributed by atoms with Crippen molar-refractivity contribution >= 4 is 12.1 Å². The van der Waals surface area contributed by atoms with Crippen LogP contribution in [0.3, 0.4) is 0 Å². The maximum absolute atomic E-state index is 13.3. The summed E-state index contributed by atoms with van der Waals surface area (Å²) in [7, 11) is 0. The van der Waals surface area contributed by atoms with E-state index < -0.39 is 0 Å². The summed E-state index contributed by atoms with van der Waals surface area (Å²) in [6.45, 7) is 0.863. The molecule has 1 unspecified atom stereocenters. The van der Waals surface area contributed by atoms with Crippen molar-refractivity contribution < 1.29 is 9.53 Å². The fraction of sp³-hybridized carbons (Fsp3) is 0.333. The van der Waals surface area contributed by atoms with E-state index in [1.165, 1.54) is 11.1 Å². The minimum atomic E-state index is 0.151. The number of carbonyl (C=O) groups is 1. The average Bonchev–Trinajstić information content (AvgIpc) is 3.45. The zero-order valence-corrected chi connectivity index (χ0v) is 15.9. The molecule has 1 amide bonds. The second kappa shape index (κ2) is 7.27. The van der Waals surface area contributed by atoms with Crippen LogP contribution in [0.2, 0.25) is 0 Å². The summed E-state index contributed by atoms with van der Waals surface area (Å²) in [4.78, 5) is 19.9. The molecular formula is C24H24N2O2. The number of ether oxygens (including phenoxy) is 1. The second-order valence-electron chi connectivity index (χ2n) is 7.88. The molecule has 1 aliphatic heterocycles. The molecule has 4 nitrogen and oxygen atoms in total. The van der Waals surface area contributed by atoms with Crippen LogP contribution < -0.4 is 4.74 Å². The molecule has 2 aliphatic carbocycles. The molecule has 1 fully saturated rings. The van der Waals surface area contributed by atoms with Gasteiger partial charge in [-0.1, -0.05) is 18.2 Å². The van der Waals surface area contributed by atoms with Gasteiger partial charge in [-0.3, -0.25) is 9.79 Å². The molecule has 142 valence electrons. The fourth-order valence-corrected chi connectivity index (χ4v) is 4.25. The molecule has 0 saturated heterocycles. The standard InChI is InChI=1S/C24H24N2O2/c27-24(17-7-12-23(13-8-17)28-22-4-2-1-3-5-22)26(20-10-11-20)21-9-6-18-15-25-16-19(18)14-21/h1-5,7-8,12-13,16,20-21H,6,9-11,14-15H2. The van der Waals surface area contributed by atoms with Gasteiger partial charge in [0.15, 0.2) is 0 Å². The Bertz CT molecular complexity index is 927. The van der Waals surface area contributed by atoms with Gasteiger partial charge in [0.2, 0.25) is 0 Å². The van der Waals surface area contributed by atoms with Crippen LogP contribution in [0, 0.1) is 0 Å². The number of hydrogen-bond acceptors (Lipinski definition) is 3. The van der Waals surface area contributed by atoms with E-state index in [-0.39, 0.29) is 5.91 Å². The number of nitrogens with zero attached hydrogens (tertiary/aromatic N) is 2. The monoisotopic (exact) mass is 372 g/mol. The third-order valence-electron chi connectivity index (χ3n) is 5.87. The van der Waals surface area contributed by atoms with Gasteiger partial charge < -0.3 is 9.64 Å². The molecule has 4 heteroatoms. The molecule has 0 spiro atoms. The molecule has 2 aromatic carbocycles. The van der Waals surface area contributed by atoms with Crippen molar-refractivity contribution in [3.8, 4) is 11.5 Å². The van der Waals surface area contributed by atoms with Crippen LogP contribution in [-0.4, -0.2) is 35.7 Å². The van der Waals surface area contributed by atoms with Gasteiger partial charge in [-0.05, 0) is 79.6 Å². The quantitative estimate of drug-likeness (QED) is 0.740. The highest BCUT2D eigenvalue weighted by Crippen LogP contribution is 2.37.